The lowest BCUT2D eigenvalue weighted by Crippen LogP contribution is -1.90. The molecule has 7 heteroatoms. The van der Waals surface area contributed by atoms with Gasteiger partial charge in [-0.05, 0) is 29.6 Å². The van der Waals surface area contributed by atoms with Gasteiger partial charge in [-0.1, -0.05) is 19.9 Å². The summed E-state index contributed by atoms with van der Waals surface area (Å²) in [6.07, 6.45) is 0. The quantitative estimate of drug-likeness (QED) is 0.712. The summed E-state index contributed by atoms with van der Waals surface area (Å²) in [6, 6.07) is 4.09. The van der Waals surface area contributed by atoms with E-state index in [9.17, 15) is 0 Å². The van der Waals surface area contributed by atoms with Crippen molar-refractivity contribution < 1.29 is 4.42 Å². The van der Waals surface area contributed by atoms with E-state index in [1.54, 1.807) is 22.7 Å². The summed E-state index contributed by atoms with van der Waals surface area (Å²) in [6.45, 7) is 4.22. The normalized spacial score (nSPS) is 11.3. The summed E-state index contributed by atoms with van der Waals surface area (Å²) in [4.78, 5) is 7.12. The summed E-state index contributed by atoms with van der Waals surface area (Å²) in [5, 5.41) is 9.80. The largest absolute Gasteiger partial charge is 0.408 e. The number of aromatic nitrogens is 3. The van der Waals surface area contributed by atoms with E-state index in [2.05, 4.69) is 30.1 Å². The molecule has 0 saturated heterocycles. The topological polar surface area (TPSA) is 54.7 Å². The highest BCUT2D eigenvalue weighted by molar-refractivity contribution is 7.71. The monoisotopic (exact) mass is 309 g/mol. The molecular formula is C12H11N3OS3. The molecule has 98 valence electrons. The molecule has 3 rings (SSSR count). The van der Waals surface area contributed by atoms with Gasteiger partial charge in [0.25, 0.3) is 10.7 Å². The van der Waals surface area contributed by atoms with Gasteiger partial charge in [-0.2, -0.15) is 0 Å². The van der Waals surface area contributed by atoms with E-state index in [0.29, 0.717) is 11.8 Å². The van der Waals surface area contributed by atoms with Crippen molar-refractivity contribution >= 4 is 34.9 Å². The molecule has 0 aromatic carbocycles. The average molecular weight is 309 g/mol. The summed E-state index contributed by atoms with van der Waals surface area (Å²) in [5.41, 5.74) is 0.999. The summed E-state index contributed by atoms with van der Waals surface area (Å²) in [7, 11) is 0. The molecule has 19 heavy (non-hydrogen) atoms. The van der Waals surface area contributed by atoms with Gasteiger partial charge in [0, 0.05) is 0 Å². The van der Waals surface area contributed by atoms with E-state index in [1.807, 2.05) is 11.4 Å². The van der Waals surface area contributed by atoms with Gasteiger partial charge in [0.1, 0.15) is 9.88 Å². The molecule has 4 nitrogen and oxygen atoms in total. The molecule has 0 aliphatic carbocycles. The highest BCUT2D eigenvalue weighted by atomic mass is 32.1. The lowest BCUT2D eigenvalue weighted by molar-refractivity contribution is 0.552. The minimum absolute atomic E-state index is 0.288. The van der Waals surface area contributed by atoms with Crippen LogP contribution in [0.5, 0.6) is 0 Å². The molecule has 0 atom stereocenters. The van der Waals surface area contributed by atoms with Crippen LogP contribution >= 0.6 is 34.9 Å². The van der Waals surface area contributed by atoms with E-state index in [-0.39, 0.29) is 4.84 Å². The molecule has 0 unspecified atom stereocenters. The van der Waals surface area contributed by atoms with Crippen LogP contribution in [0.2, 0.25) is 0 Å². The fourth-order valence-corrected chi connectivity index (χ4v) is 3.78. The Labute approximate surface area is 123 Å². The Hall–Kier alpha value is -1.31. The first-order valence-electron chi connectivity index (χ1n) is 5.75. The van der Waals surface area contributed by atoms with Gasteiger partial charge >= 0.3 is 0 Å². The van der Waals surface area contributed by atoms with Gasteiger partial charge in [-0.3, -0.25) is 0 Å². The zero-order chi connectivity index (χ0) is 13.4. The second-order valence-electron chi connectivity index (χ2n) is 4.28. The molecule has 3 heterocycles. The van der Waals surface area contributed by atoms with Crippen molar-refractivity contribution in [1.29, 1.82) is 0 Å². The van der Waals surface area contributed by atoms with Crippen LogP contribution in [0, 0.1) is 4.84 Å². The van der Waals surface area contributed by atoms with Crippen molar-refractivity contribution in [2.45, 2.75) is 19.8 Å². The minimum Gasteiger partial charge on any atom is -0.408 e. The molecule has 0 fully saturated rings. The maximum atomic E-state index is 5.41. The minimum atomic E-state index is 0.288. The van der Waals surface area contributed by atoms with Gasteiger partial charge < -0.3 is 4.42 Å². The van der Waals surface area contributed by atoms with Crippen molar-refractivity contribution in [3.63, 3.8) is 0 Å². The Morgan fingerprint density at radius 2 is 2.26 bits per heavy atom. The van der Waals surface area contributed by atoms with Crippen LogP contribution in [0.3, 0.4) is 0 Å². The zero-order valence-corrected chi connectivity index (χ0v) is 12.8. The van der Waals surface area contributed by atoms with Crippen LogP contribution < -0.4 is 0 Å². The molecule has 0 amide bonds. The molecule has 1 N–H and O–H groups in total. The molecule has 3 aromatic heterocycles. The van der Waals surface area contributed by atoms with Crippen LogP contribution in [0.15, 0.2) is 21.9 Å². The van der Waals surface area contributed by atoms with E-state index in [4.69, 9.17) is 21.6 Å². The summed E-state index contributed by atoms with van der Waals surface area (Å²) < 4.78 is 5.41. The fraction of sp³-hybridized carbons (Fsp3) is 0.250. The van der Waals surface area contributed by atoms with Crippen molar-refractivity contribution in [1.82, 2.24) is 15.2 Å². The third kappa shape index (κ3) is 2.41. The van der Waals surface area contributed by atoms with Gasteiger partial charge in [-0.25, -0.2) is 10.1 Å². The Morgan fingerprint density at radius 3 is 2.84 bits per heavy atom. The molecular weight excluding hydrogens is 298 g/mol. The first kappa shape index (κ1) is 12.7. The third-order valence-corrected chi connectivity index (χ3v) is 4.84. The van der Waals surface area contributed by atoms with E-state index in [0.717, 1.165) is 20.5 Å². The number of H-pyrrole nitrogens is 1. The standard InChI is InChI=1S/C12H11N3OS3/c1-6(2)8-9(10-14-15-12(17)16-10)19-11(13-8)7-4-3-5-18-7/h3-6H,1-2H3,(H,15,17). The lowest BCUT2D eigenvalue weighted by Gasteiger charge is -2.00. The van der Waals surface area contributed by atoms with Crippen LogP contribution in [-0.2, 0) is 0 Å². The van der Waals surface area contributed by atoms with Crippen LogP contribution in [0.25, 0.3) is 20.7 Å². The van der Waals surface area contributed by atoms with Crippen molar-refractivity contribution in [3.05, 3.63) is 28.0 Å². The molecule has 0 radical (unpaired) electrons. The van der Waals surface area contributed by atoms with Gasteiger partial charge in [-0.15, -0.1) is 27.8 Å². The Bertz CT molecular complexity index is 736. The zero-order valence-electron chi connectivity index (χ0n) is 10.3. The molecule has 0 aliphatic heterocycles. The Morgan fingerprint density at radius 1 is 1.42 bits per heavy atom. The summed E-state index contributed by atoms with van der Waals surface area (Å²) >= 11 is 8.20. The highest BCUT2D eigenvalue weighted by Crippen LogP contribution is 2.39. The maximum absolute atomic E-state index is 5.41. The molecule has 3 aromatic rings. The number of nitrogens with one attached hydrogen (secondary N) is 1. The fourth-order valence-electron chi connectivity index (χ4n) is 1.71. The summed E-state index contributed by atoms with van der Waals surface area (Å²) in [5.74, 6) is 0.828. The van der Waals surface area contributed by atoms with Crippen LogP contribution in [-0.4, -0.2) is 15.2 Å². The first-order valence-corrected chi connectivity index (χ1v) is 7.86. The van der Waals surface area contributed by atoms with E-state index >= 15 is 0 Å². The highest BCUT2D eigenvalue weighted by Gasteiger charge is 2.20. The maximum Gasteiger partial charge on any atom is 0.284 e. The molecule has 0 bridgehead atoms. The van der Waals surface area contributed by atoms with Crippen molar-refractivity contribution in [3.8, 4) is 20.7 Å². The second kappa shape index (κ2) is 4.99. The molecule has 0 aliphatic rings. The number of thiazole rings is 1. The second-order valence-corrected chi connectivity index (χ2v) is 6.60. The average Bonchev–Trinajstić information content (AvgIpc) is 3.07. The predicted molar refractivity (Wildman–Crippen MR) is 80.2 cm³/mol. The molecule has 0 spiro atoms. The predicted octanol–water partition coefficient (Wildman–Crippen LogP) is 4.71. The first-order chi connectivity index (χ1) is 9.15. The SMILES string of the molecule is CC(C)c1nc(-c2cccs2)sc1-c1n[nH]c(=S)o1. The third-order valence-electron chi connectivity index (χ3n) is 2.56. The number of hydrogen-bond donors (Lipinski definition) is 1. The van der Waals surface area contributed by atoms with E-state index in [1.165, 1.54) is 0 Å². The van der Waals surface area contributed by atoms with Crippen molar-refractivity contribution in [2.75, 3.05) is 0 Å². The number of hydrogen-bond acceptors (Lipinski definition) is 6. The number of aromatic amines is 1. The Kier molecular flexibility index (Phi) is 3.34. The number of rotatable bonds is 3. The van der Waals surface area contributed by atoms with Gasteiger partial charge in [0.05, 0.1) is 10.6 Å². The van der Waals surface area contributed by atoms with Crippen molar-refractivity contribution in [2.24, 2.45) is 0 Å². The lowest BCUT2D eigenvalue weighted by atomic mass is 10.1. The smallest absolute Gasteiger partial charge is 0.284 e. The van der Waals surface area contributed by atoms with E-state index < -0.39 is 0 Å². The Balaban J connectivity index is 2.15. The number of thiophene rings is 1. The number of nitrogens with zero attached hydrogens (tertiary/aromatic N) is 2. The molecule has 0 saturated carbocycles. The van der Waals surface area contributed by atoms with Crippen LogP contribution in [0.4, 0.5) is 0 Å². The van der Waals surface area contributed by atoms with Crippen LogP contribution in [0.1, 0.15) is 25.5 Å². The van der Waals surface area contributed by atoms with Gasteiger partial charge in [0.2, 0.25) is 0 Å². The van der Waals surface area contributed by atoms with Gasteiger partial charge in [0.15, 0.2) is 0 Å².